The molecule has 1 saturated heterocycles. The largest absolute Gasteiger partial charge is 0.358 e. The van der Waals surface area contributed by atoms with Gasteiger partial charge in [-0.1, -0.05) is 11.6 Å². The van der Waals surface area contributed by atoms with Crippen molar-refractivity contribution in [2.24, 2.45) is 0 Å². The number of rotatable bonds is 2. The lowest BCUT2D eigenvalue weighted by Crippen LogP contribution is -2.43. The second-order valence-electron chi connectivity index (χ2n) is 6.33. The molecule has 2 N–H and O–H groups in total. The minimum atomic E-state index is -0.314. The molecule has 0 unspecified atom stereocenters. The molecule has 2 aromatic carbocycles. The first kappa shape index (κ1) is 16.4. The van der Waals surface area contributed by atoms with Crippen LogP contribution in [0, 0.1) is 11.3 Å². The topological polar surface area (TPSA) is 85.2 Å². The van der Waals surface area contributed by atoms with Crippen LogP contribution in [0.2, 0.25) is 5.02 Å². The van der Waals surface area contributed by atoms with Crippen molar-refractivity contribution in [3.05, 3.63) is 52.5 Å². The zero-order valence-corrected chi connectivity index (χ0v) is 14.5. The van der Waals surface area contributed by atoms with Crippen LogP contribution in [0.25, 0.3) is 0 Å². The van der Waals surface area contributed by atoms with Crippen molar-refractivity contribution in [3.8, 4) is 6.07 Å². The summed E-state index contributed by atoms with van der Waals surface area (Å²) in [5.41, 5.74) is 2.88. The normalized spacial score (nSPS) is 17.8. The van der Waals surface area contributed by atoms with E-state index >= 15 is 0 Å². The maximum atomic E-state index is 12.5. The monoisotopic (exact) mass is 366 g/mol. The number of benzene rings is 2. The molecule has 130 valence electrons. The molecule has 2 amide bonds. The van der Waals surface area contributed by atoms with E-state index in [2.05, 4.69) is 15.5 Å². The van der Waals surface area contributed by atoms with Crippen LogP contribution in [0.3, 0.4) is 0 Å². The molecule has 2 aliphatic heterocycles. The Morgan fingerprint density at radius 2 is 2.15 bits per heavy atom. The molecule has 2 aliphatic rings. The highest BCUT2D eigenvalue weighted by Gasteiger charge is 2.36. The van der Waals surface area contributed by atoms with Crippen molar-refractivity contribution in [1.82, 2.24) is 0 Å². The van der Waals surface area contributed by atoms with Gasteiger partial charge in [0.1, 0.15) is 12.1 Å². The van der Waals surface area contributed by atoms with E-state index in [0.29, 0.717) is 22.5 Å². The summed E-state index contributed by atoms with van der Waals surface area (Å²) in [7, 11) is 0. The Morgan fingerprint density at radius 3 is 2.92 bits per heavy atom. The molecule has 0 radical (unpaired) electrons. The highest BCUT2D eigenvalue weighted by Crippen LogP contribution is 2.37. The van der Waals surface area contributed by atoms with Gasteiger partial charge in [-0.25, -0.2) is 0 Å². The number of anilines is 3. The first-order chi connectivity index (χ1) is 12.6. The predicted octanol–water partition coefficient (Wildman–Crippen LogP) is 3.38. The third kappa shape index (κ3) is 2.76. The van der Waals surface area contributed by atoms with Crippen LogP contribution in [-0.2, 0) is 4.79 Å². The summed E-state index contributed by atoms with van der Waals surface area (Å²) in [6.07, 6.45) is 1.84. The van der Waals surface area contributed by atoms with Gasteiger partial charge in [0.05, 0.1) is 22.0 Å². The van der Waals surface area contributed by atoms with Crippen molar-refractivity contribution in [3.63, 3.8) is 0 Å². The van der Waals surface area contributed by atoms with E-state index in [4.69, 9.17) is 16.9 Å². The number of amides is 2. The molecular formula is C19H15ClN4O2. The third-order valence-electron chi connectivity index (χ3n) is 4.73. The molecule has 1 fully saturated rings. The average Bonchev–Trinajstić information content (AvgIpc) is 3.12. The number of fused-ring (bicyclic) bond motifs is 3. The zero-order valence-electron chi connectivity index (χ0n) is 13.8. The molecule has 4 rings (SSSR count). The zero-order chi connectivity index (χ0) is 18.3. The van der Waals surface area contributed by atoms with Crippen LogP contribution in [-0.4, -0.2) is 24.4 Å². The Hall–Kier alpha value is -3.04. The van der Waals surface area contributed by atoms with Crippen molar-refractivity contribution in [2.45, 2.75) is 18.9 Å². The van der Waals surface area contributed by atoms with E-state index < -0.39 is 0 Å². The SMILES string of the molecule is N#Cc1ccc(NC(=O)c2ccc3c(c2)NC(=O)[C@@H]2CCCN32)cc1Cl. The van der Waals surface area contributed by atoms with Crippen LogP contribution in [0.1, 0.15) is 28.8 Å². The summed E-state index contributed by atoms with van der Waals surface area (Å²) in [4.78, 5) is 26.8. The summed E-state index contributed by atoms with van der Waals surface area (Å²) in [6, 6.07) is 11.9. The summed E-state index contributed by atoms with van der Waals surface area (Å²) in [5, 5.41) is 14.8. The fourth-order valence-electron chi connectivity index (χ4n) is 3.46. The molecule has 2 heterocycles. The Morgan fingerprint density at radius 1 is 1.31 bits per heavy atom. The number of carbonyl (C=O) groups is 2. The van der Waals surface area contributed by atoms with Gasteiger partial charge >= 0.3 is 0 Å². The van der Waals surface area contributed by atoms with Crippen LogP contribution >= 0.6 is 11.6 Å². The highest BCUT2D eigenvalue weighted by atomic mass is 35.5. The van der Waals surface area contributed by atoms with Gasteiger partial charge in [-0.3, -0.25) is 9.59 Å². The second kappa shape index (κ2) is 6.36. The van der Waals surface area contributed by atoms with Crippen molar-refractivity contribution in [1.29, 1.82) is 5.26 Å². The molecule has 1 atom stereocenters. The number of nitriles is 1. The molecule has 0 saturated carbocycles. The first-order valence-electron chi connectivity index (χ1n) is 8.29. The van der Waals surface area contributed by atoms with Crippen molar-refractivity contribution in [2.75, 3.05) is 22.1 Å². The summed E-state index contributed by atoms with van der Waals surface area (Å²) in [5.74, 6) is -0.335. The third-order valence-corrected chi connectivity index (χ3v) is 5.04. The number of nitrogens with zero attached hydrogens (tertiary/aromatic N) is 2. The maximum absolute atomic E-state index is 12.5. The predicted molar refractivity (Wildman–Crippen MR) is 99.6 cm³/mol. The summed E-state index contributed by atoms with van der Waals surface area (Å²) in [6.45, 7) is 0.848. The fourth-order valence-corrected chi connectivity index (χ4v) is 3.68. The molecule has 7 heteroatoms. The van der Waals surface area contributed by atoms with Gasteiger partial charge in [0, 0.05) is 17.8 Å². The van der Waals surface area contributed by atoms with Crippen molar-refractivity contribution >= 4 is 40.5 Å². The number of hydrogen-bond donors (Lipinski definition) is 2. The molecular weight excluding hydrogens is 352 g/mol. The minimum Gasteiger partial charge on any atom is -0.358 e. The lowest BCUT2D eigenvalue weighted by atomic mass is 10.1. The fraction of sp³-hybridized carbons (Fsp3) is 0.211. The lowest BCUT2D eigenvalue weighted by Gasteiger charge is -2.33. The van der Waals surface area contributed by atoms with Crippen LogP contribution < -0.4 is 15.5 Å². The van der Waals surface area contributed by atoms with Gasteiger partial charge < -0.3 is 15.5 Å². The molecule has 0 aliphatic carbocycles. The summed E-state index contributed by atoms with van der Waals surface area (Å²) < 4.78 is 0. The Kier molecular flexibility index (Phi) is 4.02. The molecule has 0 bridgehead atoms. The Balaban J connectivity index is 1.58. The van der Waals surface area contributed by atoms with Crippen LogP contribution in [0.5, 0.6) is 0 Å². The number of halogens is 1. The molecule has 0 spiro atoms. The van der Waals surface area contributed by atoms with E-state index in [0.717, 1.165) is 25.1 Å². The van der Waals surface area contributed by atoms with E-state index in [-0.39, 0.29) is 22.9 Å². The van der Waals surface area contributed by atoms with Crippen molar-refractivity contribution < 1.29 is 9.59 Å². The Bertz CT molecular complexity index is 966. The molecule has 0 aromatic heterocycles. The standard InChI is InChI=1S/C19H15ClN4O2/c20-14-9-13(5-3-12(14)10-21)22-18(25)11-4-6-16-15(8-11)23-19(26)17-2-1-7-24(16)17/h3-6,8-9,17H,1-2,7H2,(H,22,25)(H,23,26)/t17-/m0/s1. The van der Waals surface area contributed by atoms with E-state index in [1.807, 2.05) is 12.1 Å². The van der Waals surface area contributed by atoms with E-state index in [1.165, 1.54) is 6.07 Å². The van der Waals surface area contributed by atoms with Gasteiger partial charge in [0.25, 0.3) is 5.91 Å². The van der Waals surface area contributed by atoms with Crippen LogP contribution in [0.4, 0.5) is 17.1 Å². The van der Waals surface area contributed by atoms with E-state index in [9.17, 15) is 9.59 Å². The number of hydrogen-bond acceptors (Lipinski definition) is 4. The highest BCUT2D eigenvalue weighted by molar-refractivity contribution is 6.32. The van der Waals surface area contributed by atoms with Gasteiger partial charge in [-0.05, 0) is 49.2 Å². The minimum absolute atomic E-state index is 0.0218. The smallest absolute Gasteiger partial charge is 0.255 e. The first-order valence-corrected chi connectivity index (χ1v) is 8.67. The summed E-state index contributed by atoms with van der Waals surface area (Å²) >= 11 is 5.99. The van der Waals surface area contributed by atoms with Gasteiger partial charge in [0.2, 0.25) is 5.91 Å². The molecule has 26 heavy (non-hydrogen) atoms. The van der Waals surface area contributed by atoms with E-state index in [1.54, 1.807) is 24.3 Å². The number of carbonyl (C=O) groups excluding carboxylic acids is 2. The average molecular weight is 367 g/mol. The molecule has 2 aromatic rings. The Labute approximate surface area is 155 Å². The molecule has 6 nitrogen and oxygen atoms in total. The number of nitrogens with one attached hydrogen (secondary N) is 2. The van der Waals surface area contributed by atoms with Crippen LogP contribution in [0.15, 0.2) is 36.4 Å². The second-order valence-corrected chi connectivity index (χ2v) is 6.74. The van der Waals surface area contributed by atoms with Gasteiger partial charge in [-0.15, -0.1) is 0 Å². The quantitative estimate of drug-likeness (QED) is 0.853. The van der Waals surface area contributed by atoms with Gasteiger partial charge in [-0.2, -0.15) is 5.26 Å². The lowest BCUT2D eigenvalue weighted by molar-refractivity contribution is -0.117. The maximum Gasteiger partial charge on any atom is 0.255 e. The van der Waals surface area contributed by atoms with Gasteiger partial charge in [0.15, 0.2) is 0 Å².